The molecule has 0 aromatic rings. The van der Waals surface area contributed by atoms with Crippen molar-refractivity contribution in [2.45, 2.75) is 290 Å². The van der Waals surface area contributed by atoms with Crippen LogP contribution in [-0.2, 0) is 114 Å². The fourth-order valence-corrected chi connectivity index (χ4v) is 10.5. The Morgan fingerprint density at radius 1 is 0.490 bits per heavy atom. The molecule has 0 aromatic carbocycles. The van der Waals surface area contributed by atoms with E-state index in [-0.39, 0.29) is 30.5 Å². The van der Waals surface area contributed by atoms with E-state index in [0.29, 0.717) is 18.8 Å². The molecule has 6 heterocycles. The van der Waals surface area contributed by atoms with Gasteiger partial charge in [-0.15, -0.1) is 0 Å². The van der Waals surface area contributed by atoms with E-state index in [9.17, 15) is 109 Å². The first-order valence-electron chi connectivity index (χ1n) is 31.5. The Balaban J connectivity index is 0.000000291. The van der Waals surface area contributed by atoms with Crippen LogP contribution in [0.2, 0.25) is 0 Å². The number of halogens is 15. The topological polar surface area (TPSA) is 292 Å². The molecule has 7 fully saturated rings. The molecule has 0 bridgehead atoms. The van der Waals surface area contributed by atoms with E-state index in [4.69, 9.17) is 52.1 Å². The van der Waals surface area contributed by atoms with Crippen LogP contribution in [0.25, 0.3) is 0 Å². The Hall–Kier alpha value is -6.06. The van der Waals surface area contributed by atoms with E-state index in [1.165, 1.54) is 33.6 Å². The van der Waals surface area contributed by atoms with Crippen LogP contribution in [0.3, 0.4) is 0 Å². The van der Waals surface area contributed by atoms with Gasteiger partial charge in [0, 0.05) is 6.42 Å². The average Bonchev–Trinajstić information content (AvgIpc) is 1.58. The zero-order valence-electron chi connectivity index (χ0n) is 56.8. The first-order valence-corrected chi connectivity index (χ1v) is 31.5. The maximum atomic E-state index is 13.0. The highest BCUT2D eigenvalue weighted by Gasteiger charge is 2.72. The zero-order chi connectivity index (χ0) is 76.6. The molecule has 1 aliphatic carbocycles. The van der Waals surface area contributed by atoms with Gasteiger partial charge in [0.1, 0.15) is 24.7 Å². The van der Waals surface area contributed by atoms with Crippen LogP contribution in [0, 0.1) is 33.5 Å². The molecule has 14 unspecified atom stereocenters. The summed E-state index contributed by atoms with van der Waals surface area (Å²) >= 11 is 0. The Bertz CT molecular complexity index is 2920. The minimum atomic E-state index is -6.24. The number of fused-ring (bicyclic) bond motifs is 6. The maximum absolute atomic E-state index is 13.0. The van der Waals surface area contributed by atoms with Crippen LogP contribution >= 0.6 is 0 Å². The van der Waals surface area contributed by atoms with Crippen molar-refractivity contribution in [2.24, 2.45) is 33.5 Å². The smallest absolute Gasteiger partial charge is 0.434 e. The molecule has 14 atom stereocenters. The summed E-state index contributed by atoms with van der Waals surface area (Å²) in [6.07, 6.45) is -53.6. The van der Waals surface area contributed by atoms with Crippen molar-refractivity contribution in [3.8, 4) is 0 Å². The fraction of sp³-hybridized carbons (Fsp3) is 0.852. The summed E-state index contributed by atoms with van der Waals surface area (Å²) in [5, 5.41) is 0. The van der Waals surface area contributed by atoms with E-state index in [2.05, 4.69) is 39.7 Å². The highest BCUT2D eigenvalue weighted by Crippen LogP contribution is 2.50. The van der Waals surface area contributed by atoms with E-state index >= 15 is 0 Å². The van der Waals surface area contributed by atoms with Gasteiger partial charge in [0.15, 0.2) is 54.8 Å². The van der Waals surface area contributed by atoms with Crippen LogP contribution in [0.15, 0.2) is 0 Å². The quantitative estimate of drug-likeness (QED) is 0.0473. The lowest BCUT2D eigenvalue weighted by Crippen LogP contribution is -2.53. The van der Waals surface area contributed by atoms with Crippen molar-refractivity contribution in [3.63, 3.8) is 0 Å². The summed E-state index contributed by atoms with van der Waals surface area (Å²) in [5.41, 5.74) is -1.95. The predicted molar refractivity (Wildman–Crippen MR) is 298 cm³/mol. The number of hydrogen-bond donors (Lipinski definition) is 0. The normalized spacial score (nSPS) is 29.8. The van der Waals surface area contributed by atoms with Crippen LogP contribution in [0.4, 0.5) is 65.9 Å². The molecule has 1 saturated carbocycles. The number of ether oxygens (including phenoxy) is 15. The molecule has 0 aromatic heterocycles. The largest absolute Gasteiger partial charge is 0.465 e. The van der Waals surface area contributed by atoms with Gasteiger partial charge >= 0.3 is 84.6 Å². The van der Waals surface area contributed by atoms with Gasteiger partial charge in [-0.2, -0.15) is 65.9 Å². The van der Waals surface area contributed by atoms with Crippen molar-refractivity contribution in [3.05, 3.63) is 0 Å². The molecule has 0 radical (unpaired) electrons. The van der Waals surface area contributed by atoms with Crippen molar-refractivity contribution < 1.29 is 180 Å². The third-order valence-corrected chi connectivity index (χ3v) is 17.8. The van der Waals surface area contributed by atoms with Crippen LogP contribution in [0.5, 0.6) is 0 Å². The Labute approximate surface area is 562 Å². The monoisotopic (exact) mass is 1480 g/mol. The predicted octanol–water partition coefficient (Wildman–Crippen LogP) is 10.3. The lowest BCUT2D eigenvalue weighted by Gasteiger charge is -2.37. The molecule has 7 aliphatic rings. The summed E-state index contributed by atoms with van der Waals surface area (Å²) in [7, 11) is 0. The summed E-state index contributed by atoms with van der Waals surface area (Å²) in [4.78, 5) is 111. The lowest BCUT2D eigenvalue weighted by molar-refractivity contribution is -0.325. The summed E-state index contributed by atoms with van der Waals surface area (Å²) in [6.45, 7) is 24.8. The maximum Gasteiger partial charge on any atom is 0.434 e. The highest BCUT2D eigenvalue weighted by atomic mass is 19.4. The van der Waals surface area contributed by atoms with Gasteiger partial charge < -0.3 is 71.1 Å². The van der Waals surface area contributed by atoms with Crippen molar-refractivity contribution in [1.29, 1.82) is 0 Å². The van der Waals surface area contributed by atoms with Gasteiger partial charge in [0.25, 0.3) is 18.0 Å². The van der Waals surface area contributed by atoms with Crippen molar-refractivity contribution in [2.75, 3.05) is 6.61 Å². The summed E-state index contributed by atoms with van der Waals surface area (Å²) in [5.74, 6) is -19.2. The third kappa shape index (κ3) is 20.2. The molecule has 24 nitrogen and oxygen atoms in total. The summed E-state index contributed by atoms with van der Waals surface area (Å²) < 4.78 is 269. The SMILES string of the molecule is CCC(C)(C)C(=O)OC1C(=O)OC2C3OC(CC(=O)OC(C)C(F)(F)F)(C(=O)OC(C(F)(F)F)C(F)(F)F)OC3OC12.CCC(C)(C)C(=O)OC1CCC(C(C)(C)C)CC1.CCOC(=O)C(CC1(C)OC2OC3C(OC(=O)C(C)(C)CC)C(=O)OC3C2O1)C(=O)OC(C(F)(F)F)C(F)(F)F. The Morgan fingerprint density at radius 2 is 0.890 bits per heavy atom. The third-order valence-electron chi connectivity index (χ3n) is 17.8. The number of alkyl halides is 15. The van der Waals surface area contributed by atoms with Crippen LogP contribution in [-0.4, -0.2) is 189 Å². The van der Waals surface area contributed by atoms with E-state index in [0.717, 1.165) is 32.1 Å². The summed E-state index contributed by atoms with van der Waals surface area (Å²) in [6, 6.07) is 0. The van der Waals surface area contributed by atoms with E-state index in [1.807, 2.05) is 20.8 Å². The molecule has 574 valence electrons. The number of carbonyl (C=O) groups is 9. The number of rotatable bonds is 20. The first kappa shape index (κ1) is 84.6. The molecular weight excluding hydrogens is 1400 g/mol. The number of hydrogen-bond acceptors (Lipinski definition) is 24. The van der Waals surface area contributed by atoms with Gasteiger partial charge in [-0.25, -0.2) is 14.4 Å². The minimum Gasteiger partial charge on any atom is -0.465 e. The average molecular weight is 1480 g/mol. The molecule has 39 heteroatoms. The van der Waals surface area contributed by atoms with Crippen LogP contribution < -0.4 is 0 Å². The molecule has 6 saturated heterocycles. The molecule has 0 amide bonds. The van der Waals surface area contributed by atoms with Crippen molar-refractivity contribution >= 4 is 53.7 Å². The lowest BCUT2D eigenvalue weighted by atomic mass is 9.72. The van der Waals surface area contributed by atoms with Gasteiger partial charge in [-0.1, -0.05) is 41.5 Å². The molecular formula is C61H81F15O24. The molecule has 100 heavy (non-hydrogen) atoms. The van der Waals surface area contributed by atoms with Crippen LogP contribution in [0.1, 0.15) is 162 Å². The van der Waals surface area contributed by atoms with E-state index in [1.54, 1.807) is 27.7 Å². The number of esters is 9. The minimum absolute atomic E-state index is 0.0239. The molecule has 7 rings (SSSR count). The van der Waals surface area contributed by atoms with E-state index < -0.39 is 200 Å². The molecule has 0 spiro atoms. The van der Waals surface area contributed by atoms with Gasteiger partial charge in [-0.3, -0.25) is 28.8 Å². The fourth-order valence-electron chi connectivity index (χ4n) is 10.5. The van der Waals surface area contributed by atoms with Gasteiger partial charge in [0.05, 0.1) is 22.9 Å². The number of carbonyl (C=O) groups excluding carboxylic acids is 9. The van der Waals surface area contributed by atoms with Gasteiger partial charge in [0.2, 0.25) is 12.2 Å². The molecule has 0 N–H and O–H groups in total. The van der Waals surface area contributed by atoms with Crippen molar-refractivity contribution in [1.82, 2.24) is 0 Å². The first-order chi connectivity index (χ1) is 45.3. The highest BCUT2D eigenvalue weighted by molar-refractivity contribution is 5.95. The van der Waals surface area contributed by atoms with Gasteiger partial charge in [-0.05, 0) is 119 Å². The zero-order valence-corrected chi connectivity index (χ0v) is 56.8. The Kier molecular flexibility index (Phi) is 26.0. The molecule has 6 aliphatic heterocycles. The second-order valence-corrected chi connectivity index (χ2v) is 27.8. The Morgan fingerprint density at radius 3 is 1.28 bits per heavy atom. The second kappa shape index (κ2) is 30.7. The second-order valence-electron chi connectivity index (χ2n) is 27.8. The standard InChI is InChI=1S/C23H28F6O11.C22H23F9O11.C16H30O2/c1-6-20(3,4)19(33)37-12-10-11(35-16(12)32)13-17(36-10)40-21(5,39-13)8-9(14(30)34-7-2)15(31)38-18(22(24,25)26)23(27,28)29;1-5-18(3,4)16(34)39-11-9-10(37-13(11)33)12-14(38-9)42-19(41-12,6-8(32)36-7(2)20(23,24)25)17(35)40-15(21(26,27)28)22(29,30)31;1-7-16(5,6)14(17)18-13-10-8-12(9-11-13)15(2,3)4/h9-13,17-18H,6-8H2,1-5H3;7,9-12,14-15H,5-6H2,1-4H3;12-13H,7-11H2,1-6H3.